The molecular weight excluding hydrogens is 468 g/mol. The summed E-state index contributed by atoms with van der Waals surface area (Å²) in [6.07, 6.45) is 5.71. The fraction of sp³-hybridized carbons (Fsp3) is 0.308. The van der Waals surface area contributed by atoms with E-state index in [4.69, 9.17) is 9.84 Å². The third kappa shape index (κ3) is 6.30. The van der Waals surface area contributed by atoms with Crippen molar-refractivity contribution in [3.63, 3.8) is 0 Å². The number of ether oxygens (including phenoxy) is 1. The Balaban J connectivity index is 1.35. The van der Waals surface area contributed by atoms with Crippen molar-refractivity contribution in [3.8, 4) is 5.75 Å². The number of aromatic carboxylic acids is 1. The molecular formula is C26H26N2O6S. The van der Waals surface area contributed by atoms with E-state index < -0.39 is 17.1 Å². The maximum Gasteiger partial charge on any atom is 0.335 e. The average Bonchev–Trinajstić information content (AvgIpc) is 3.05. The number of likely N-dealkylation sites (tertiary alicyclic amines) is 1. The lowest BCUT2D eigenvalue weighted by molar-refractivity contribution is -0.135. The van der Waals surface area contributed by atoms with E-state index >= 15 is 0 Å². The Labute approximate surface area is 207 Å². The average molecular weight is 495 g/mol. The second-order valence-electron chi connectivity index (χ2n) is 8.43. The summed E-state index contributed by atoms with van der Waals surface area (Å²) in [4.78, 5) is 52.0. The molecule has 2 saturated heterocycles. The van der Waals surface area contributed by atoms with Gasteiger partial charge in [0.2, 0.25) is 5.91 Å². The summed E-state index contributed by atoms with van der Waals surface area (Å²) in [5, 5.41) is 8.65. The zero-order valence-electron chi connectivity index (χ0n) is 19.1. The van der Waals surface area contributed by atoms with Crippen LogP contribution in [0.2, 0.25) is 0 Å². The van der Waals surface area contributed by atoms with Crippen LogP contribution in [0.1, 0.15) is 47.2 Å². The lowest BCUT2D eigenvalue weighted by atomic mass is 10.1. The highest BCUT2D eigenvalue weighted by molar-refractivity contribution is 8.18. The first-order chi connectivity index (χ1) is 16.9. The monoisotopic (exact) mass is 494 g/mol. The molecule has 2 heterocycles. The number of carbonyl (C=O) groups excluding carboxylic acids is 3. The van der Waals surface area contributed by atoms with E-state index in [0.29, 0.717) is 18.8 Å². The van der Waals surface area contributed by atoms with E-state index in [9.17, 15) is 19.2 Å². The number of hydrogen-bond acceptors (Lipinski definition) is 6. The van der Waals surface area contributed by atoms with E-state index in [-0.39, 0.29) is 29.5 Å². The van der Waals surface area contributed by atoms with Gasteiger partial charge in [0.05, 0.1) is 10.5 Å². The van der Waals surface area contributed by atoms with Gasteiger partial charge in [-0.15, -0.1) is 0 Å². The number of hydrogen-bond donors (Lipinski definition) is 1. The number of rotatable bonds is 7. The number of carbonyl (C=O) groups is 4. The van der Waals surface area contributed by atoms with Crippen molar-refractivity contribution >= 4 is 40.9 Å². The van der Waals surface area contributed by atoms with Gasteiger partial charge in [-0.3, -0.25) is 19.3 Å². The third-order valence-corrected chi connectivity index (χ3v) is 6.79. The smallest absolute Gasteiger partial charge is 0.335 e. The Kier molecular flexibility index (Phi) is 7.87. The maximum absolute atomic E-state index is 12.8. The van der Waals surface area contributed by atoms with Crippen molar-refractivity contribution < 1.29 is 29.0 Å². The predicted octanol–water partition coefficient (Wildman–Crippen LogP) is 4.40. The molecule has 4 rings (SSSR count). The van der Waals surface area contributed by atoms with Crippen molar-refractivity contribution in [1.82, 2.24) is 9.80 Å². The molecule has 0 aromatic heterocycles. The number of carboxylic acid groups (broad SMARTS) is 1. The van der Waals surface area contributed by atoms with Crippen molar-refractivity contribution in [2.45, 2.75) is 32.3 Å². The molecule has 2 aromatic carbocycles. The van der Waals surface area contributed by atoms with Gasteiger partial charge in [0.15, 0.2) is 0 Å². The van der Waals surface area contributed by atoms with E-state index in [0.717, 1.165) is 53.5 Å². The number of carboxylic acids is 1. The van der Waals surface area contributed by atoms with E-state index in [1.54, 1.807) is 53.4 Å². The van der Waals surface area contributed by atoms with E-state index in [1.165, 1.54) is 6.07 Å². The molecule has 1 N–H and O–H groups in total. The van der Waals surface area contributed by atoms with Gasteiger partial charge in [0.1, 0.15) is 18.9 Å². The number of benzene rings is 2. The van der Waals surface area contributed by atoms with Gasteiger partial charge in [-0.1, -0.05) is 37.1 Å². The Morgan fingerprint density at radius 3 is 2.40 bits per heavy atom. The van der Waals surface area contributed by atoms with Crippen molar-refractivity contribution in [2.75, 3.05) is 19.6 Å². The highest BCUT2D eigenvalue weighted by Gasteiger charge is 2.37. The van der Waals surface area contributed by atoms with Gasteiger partial charge in [-0.2, -0.15) is 0 Å². The SMILES string of the molecule is O=C(O)c1cccc(COc2ccc(C=C3SC(=O)N(CC(=O)N4CCCCCC4)C3=O)cc2)c1. The molecule has 0 spiro atoms. The quantitative estimate of drug-likeness (QED) is 0.569. The van der Waals surface area contributed by atoms with Gasteiger partial charge >= 0.3 is 5.97 Å². The van der Waals surface area contributed by atoms with Crippen molar-refractivity contribution in [1.29, 1.82) is 0 Å². The number of nitrogens with zero attached hydrogens (tertiary/aromatic N) is 2. The lowest BCUT2D eigenvalue weighted by Gasteiger charge is -2.22. The fourth-order valence-electron chi connectivity index (χ4n) is 3.96. The molecule has 0 aliphatic carbocycles. The molecule has 0 atom stereocenters. The molecule has 0 saturated carbocycles. The van der Waals surface area contributed by atoms with Gasteiger partial charge in [0.25, 0.3) is 11.1 Å². The van der Waals surface area contributed by atoms with Crippen LogP contribution < -0.4 is 4.74 Å². The van der Waals surface area contributed by atoms with Crippen LogP contribution >= 0.6 is 11.8 Å². The molecule has 182 valence electrons. The Bertz CT molecular complexity index is 1150. The second-order valence-corrected chi connectivity index (χ2v) is 9.42. The molecule has 0 radical (unpaired) electrons. The van der Waals surface area contributed by atoms with Crippen LogP contribution in [0.4, 0.5) is 4.79 Å². The number of amides is 3. The van der Waals surface area contributed by atoms with Crippen LogP contribution in [0.3, 0.4) is 0 Å². The van der Waals surface area contributed by atoms with Crippen LogP contribution in [0.25, 0.3) is 6.08 Å². The zero-order valence-corrected chi connectivity index (χ0v) is 20.0. The van der Waals surface area contributed by atoms with Crippen LogP contribution in [-0.4, -0.2) is 57.6 Å². The topological polar surface area (TPSA) is 104 Å². The number of imide groups is 1. The first kappa shape index (κ1) is 24.5. The van der Waals surface area contributed by atoms with Crippen molar-refractivity contribution in [2.24, 2.45) is 0 Å². The normalized spacial score (nSPS) is 17.5. The summed E-state index contributed by atoms with van der Waals surface area (Å²) in [6, 6.07) is 13.5. The summed E-state index contributed by atoms with van der Waals surface area (Å²) in [7, 11) is 0. The van der Waals surface area contributed by atoms with Crippen LogP contribution in [0.5, 0.6) is 5.75 Å². The Morgan fingerprint density at radius 2 is 1.71 bits per heavy atom. The molecule has 35 heavy (non-hydrogen) atoms. The predicted molar refractivity (Wildman–Crippen MR) is 132 cm³/mol. The Morgan fingerprint density at radius 1 is 1.00 bits per heavy atom. The summed E-state index contributed by atoms with van der Waals surface area (Å²) >= 11 is 0.833. The molecule has 8 nitrogen and oxygen atoms in total. The molecule has 0 bridgehead atoms. The van der Waals surface area contributed by atoms with Crippen molar-refractivity contribution in [3.05, 3.63) is 70.1 Å². The second kappa shape index (κ2) is 11.2. The van der Waals surface area contributed by atoms with Crippen LogP contribution in [0, 0.1) is 0 Å². The summed E-state index contributed by atoms with van der Waals surface area (Å²) in [6.45, 7) is 1.33. The van der Waals surface area contributed by atoms with Gasteiger partial charge in [0, 0.05) is 13.1 Å². The zero-order chi connectivity index (χ0) is 24.8. The lowest BCUT2D eigenvalue weighted by Crippen LogP contribution is -2.42. The largest absolute Gasteiger partial charge is 0.489 e. The fourth-order valence-corrected chi connectivity index (χ4v) is 4.80. The highest BCUT2D eigenvalue weighted by atomic mass is 32.2. The third-order valence-electron chi connectivity index (χ3n) is 5.88. The summed E-state index contributed by atoms with van der Waals surface area (Å²) in [5.74, 6) is -1.06. The maximum atomic E-state index is 12.8. The highest BCUT2D eigenvalue weighted by Crippen LogP contribution is 2.32. The van der Waals surface area contributed by atoms with Crippen LogP contribution in [-0.2, 0) is 16.2 Å². The van der Waals surface area contributed by atoms with Gasteiger partial charge < -0.3 is 14.7 Å². The summed E-state index contributed by atoms with van der Waals surface area (Å²) < 4.78 is 5.73. The van der Waals surface area contributed by atoms with Crippen LogP contribution in [0.15, 0.2) is 53.4 Å². The molecule has 3 amide bonds. The summed E-state index contributed by atoms with van der Waals surface area (Å²) in [5.41, 5.74) is 1.65. The minimum Gasteiger partial charge on any atom is -0.489 e. The molecule has 2 aromatic rings. The van der Waals surface area contributed by atoms with E-state index in [2.05, 4.69) is 0 Å². The molecule has 2 aliphatic rings. The standard InChI is InChI=1S/C26H26N2O6S/c29-23(27-12-3-1-2-4-13-27)16-28-24(30)22(35-26(28)33)15-18-8-10-21(11-9-18)34-17-19-6-5-7-20(14-19)25(31)32/h5-11,14-15H,1-4,12-13,16-17H2,(H,31,32). The Hall–Kier alpha value is -3.59. The molecule has 0 unspecified atom stereocenters. The molecule has 2 fully saturated rings. The van der Waals surface area contributed by atoms with Gasteiger partial charge in [-0.25, -0.2) is 4.79 Å². The minimum absolute atomic E-state index is 0.189. The van der Waals surface area contributed by atoms with Gasteiger partial charge in [-0.05, 0) is 66.1 Å². The minimum atomic E-state index is -0.994. The first-order valence-corrected chi connectivity index (χ1v) is 12.3. The molecule has 2 aliphatic heterocycles. The first-order valence-electron chi connectivity index (χ1n) is 11.5. The number of thioether (sulfide) groups is 1. The molecule has 9 heteroatoms. The van der Waals surface area contributed by atoms with E-state index in [1.807, 2.05) is 0 Å².